The molecular formula is C29H34ClF3N2O6S. The number of carbonyl (C=O) groups is 1. The molecule has 1 aliphatic heterocycles. The van der Waals surface area contributed by atoms with Crippen LogP contribution in [0.4, 0.5) is 18.9 Å². The third-order valence-electron chi connectivity index (χ3n) is 8.68. The van der Waals surface area contributed by atoms with E-state index >= 15 is 0 Å². The van der Waals surface area contributed by atoms with Crippen LogP contribution in [0, 0.1) is 35.2 Å². The Morgan fingerprint density at radius 3 is 2.52 bits per heavy atom. The van der Waals surface area contributed by atoms with Gasteiger partial charge in [0.05, 0.1) is 47.2 Å². The Bertz CT molecular complexity index is 1420. The molecule has 3 aliphatic rings. The quantitative estimate of drug-likeness (QED) is 0.315. The fourth-order valence-corrected chi connectivity index (χ4v) is 9.61. The zero-order valence-electron chi connectivity index (χ0n) is 23.1. The van der Waals surface area contributed by atoms with E-state index in [0.717, 1.165) is 25.7 Å². The highest BCUT2D eigenvalue weighted by Gasteiger charge is 2.57. The van der Waals surface area contributed by atoms with Crippen LogP contribution in [0.3, 0.4) is 0 Å². The summed E-state index contributed by atoms with van der Waals surface area (Å²) in [5, 5.41) is 12.8. The highest BCUT2D eigenvalue weighted by Crippen LogP contribution is 2.54. The lowest BCUT2D eigenvalue weighted by Crippen LogP contribution is -2.49. The monoisotopic (exact) mass is 630 g/mol. The number of ether oxygens (including phenoxy) is 2. The maximum Gasteiger partial charge on any atom is 0.255 e. The summed E-state index contributed by atoms with van der Waals surface area (Å²) in [6.07, 6.45) is 1.13. The highest BCUT2D eigenvalue weighted by molar-refractivity contribution is 7.92. The van der Waals surface area contributed by atoms with Crippen molar-refractivity contribution in [2.45, 2.75) is 41.9 Å². The van der Waals surface area contributed by atoms with Crippen LogP contribution in [-0.4, -0.2) is 81.2 Å². The van der Waals surface area contributed by atoms with E-state index in [2.05, 4.69) is 10.2 Å². The maximum atomic E-state index is 14.0. The smallest absolute Gasteiger partial charge is 0.255 e. The molecule has 0 radical (unpaired) electrons. The van der Waals surface area contributed by atoms with Gasteiger partial charge in [0.15, 0.2) is 27.3 Å². The fourth-order valence-electron chi connectivity index (χ4n) is 6.71. The molecule has 3 fully saturated rings. The normalized spacial score (nSPS) is 28.1. The van der Waals surface area contributed by atoms with Crippen LogP contribution in [-0.2, 0) is 19.3 Å². The number of fused-ring (bicyclic) bond motifs is 2. The SMILES string of the molecule is C[C@H]1C[C@H]2C[C@](O)(COCCN3CCOCC3)CC1C2S(=O)(=O)c1cc(C(=O)Nc2cc(F)c(F)c(F)c2)ccc1Cl. The van der Waals surface area contributed by atoms with Crippen LogP contribution in [0.25, 0.3) is 0 Å². The van der Waals surface area contributed by atoms with Gasteiger partial charge in [-0.15, -0.1) is 0 Å². The van der Waals surface area contributed by atoms with Crippen LogP contribution in [0.5, 0.6) is 0 Å². The summed E-state index contributed by atoms with van der Waals surface area (Å²) < 4.78 is 79.8. The van der Waals surface area contributed by atoms with Gasteiger partial charge in [-0.2, -0.15) is 0 Å². The van der Waals surface area contributed by atoms with Crippen LogP contribution >= 0.6 is 11.6 Å². The summed E-state index contributed by atoms with van der Waals surface area (Å²) in [4.78, 5) is 14.9. The average Bonchev–Trinajstić information content (AvgIpc) is 3.17. The Balaban J connectivity index is 1.29. The van der Waals surface area contributed by atoms with Crippen molar-refractivity contribution in [2.24, 2.45) is 17.8 Å². The Kier molecular flexibility index (Phi) is 9.22. The van der Waals surface area contributed by atoms with E-state index in [1.54, 1.807) is 0 Å². The Labute approximate surface area is 248 Å². The van der Waals surface area contributed by atoms with E-state index in [-0.39, 0.29) is 58.4 Å². The lowest BCUT2D eigenvalue weighted by molar-refractivity contribution is -0.0878. The summed E-state index contributed by atoms with van der Waals surface area (Å²) in [7, 11) is -4.05. The minimum Gasteiger partial charge on any atom is -0.387 e. The number of amides is 1. The molecule has 42 heavy (non-hydrogen) atoms. The van der Waals surface area contributed by atoms with E-state index in [1.165, 1.54) is 12.1 Å². The predicted octanol–water partition coefficient (Wildman–Crippen LogP) is 4.30. The summed E-state index contributed by atoms with van der Waals surface area (Å²) in [6, 6.07) is 4.96. The number of benzene rings is 2. The zero-order valence-corrected chi connectivity index (χ0v) is 24.7. The van der Waals surface area contributed by atoms with Crippen molar-refractivity contribution >= 4 is 33.0 Å². The number of nitrogens with zero attached hydrogens (tertiary/aromatic N) is 1. The largest absolute Gasteiger partial charge is 0.387 e. The van der Waals surface area contributed by atoms with Gasteiger partial charge in [-0.1, -0.05) is 18.5 Å². The number of anilines is 1. The van der Waals surface area contributed by atoms with Crippen LogP contribution < -0.4 is 5.32 Å². The van der Waals surface area contributed by atoms with Crippen LogP contribution in [0.1, 0.15) is 36.5 Å². The predicted molar refractivity (Wildman–Crippen MR) is 150 cm³/mol. The van der Waals surface area contributed by atoms with Gasteiger partial charge in [-0.05, 0) is 55.2 Å². The van der Waals surface area contributed by atoms with Crippen LogP contribution in [0.15, 0.2) is 35.2 Å². The second-order valence-electron chi connectivity index (χ2n) is 11.6. The summed E-state index contributed by atoms with van der Waals surface area (Å²) in [6.45, 7) is 6.33. The lowest BCUT2D eigenvalue weighted by atomic mass is 9.76. The summed E-state index contributed by atoms with van der Waals surface area (Å²) in [5.41, 5.74) is -1.59. The van der Waals surface area contributed by atoms with Crippen molar-refractivity contribution in [1.29, 1.82) is 0 Å². The molecule has 1 amide bonds. The number of morpholine rings is 1. The van der Waals surface area contributed by atoms with Crippen molar-refractivity contribution in [2.75, 3.05) is 51.4 Å². The van der Waals surface area contributed by atoms with E-state index < -0.39 is 44.0 Å². The summed E-state index contributed by atoms with van der Waals surface area (Å²) >= 11 is 6.35. The third kappa shape index (κ3) is 6.48. The lowest BCUT2D eigenvalue weighted by Gasteiger charge is -2.41. The number of rotatable bonds is 9. The molecule has 2 unspecified atom stereocenters. The van der Waals surface area contributed by atoms with Gasteiger partial charge in [-0.25, -0.2) is 21.6 Å². The second kappa shape index (κ2) is 12.4. The maximum absolute atomic E-state index is 14.0. The van der Waals surface area contributed by atoms with Gasteiger partial charge >= 0.3 is 0 Å². The molecule has 2 bridgehead atoms. The zero-order chi connectivity index (χ0) is 30.2. The molecule has 8 nitrogen and oxygen atoms in total. The molecule has 5 rings (SSSR count). The topological polar surface area (TPSA) is 105 Å². The second-order valence-corrected chi connectivity index (χ2v) is 14.1. The molecule has 0 spiro atoms. The van der Waals surface area contributed by atoms with Crippen molar-refractivity contribution in [3.63, 3.8) is 0 Å². The molecule has 2 N–H and O–H groups in total. The number of aliphatic hydroxyl groups is 1. The molecule has 2 saturated carbocycles. The van der Waals surface area contributed by atoms with E-state index in [4.69, 9.17) is 21.1 Å². The Hall–Kier alpha value is -2.22. The van der Waals surface area contributed by atoms with E-state index in [9.17, 15) is 31.5 Å². The first-order chi connectivity index (χ1) is 19.9. The van der Waals surface area contributed by atoms with Gasteiger partial charge in [0.2, 0.25) is 0 Å². The average molecular weight is 631 g/mol. The number of carbonyl (C=O) groups excluding carboxylic acids is 1. The van der Waals surface area contributed by atoms with Crippen LogP contribution in [0.2, 0.25) is 5.02 Å². The van der Waals surface area contributed by atoms with E-state index in [0.29, 0.717) is 38.4 Å². The first-order valence-electron chi connectivity index (χ1n) is 14.0. The molecular weight excluding hydrogens is 597 g/mol. The van der Waals surface area contributed by atoms with Crippen molar-refractivity contribution in [3.05, 3.63) is 58.4 Å². The van der Waals surface area contributed by atoms with Gasteiger partial charge in [0.25, 0.3) is 5.91 Å². The number of sulfone groups is 1. The third-order valence-corrected chi connectivity index (χ3v) is 11.5. The molecule has 1 heterocycles. The van der Waals surface area contributed by atoms with Gasteiger partial charge < -0.3 is 19.9 Å². The van der Waals surface area contributed by atoms with Crippen molar-refractivity contribution in [1.82, 2.24) is 4.90 Å². The summed E-state index contributed by atoms with van der Waals surface area (Å²) in [5.74, 6) is -6.13. The molecule has 1 saturated heterocycles. The fraction of sp³-hybridized carbons (Fsp3) is 0.552. The van der Waals surface area contributed by atoms with Crippen molar-refractivity contribution in [3.8, 4) is 0 Å². The molecule has 2 aromatic rings. The standard InChI is InChI=1S/C29H34ClF3N2O6S/c1-17-10-19-14-29(37,16-41-9-6-35-4-7-40-8-5-35)15-21(17)27(19)42(38,39)25-11-18(2-3-22(25)30)28(36)34-20-12-23(31)26(33)24(32)13-20/h2-3,11-13,17,19,21,27,37H,4-10,14-16H2,1H3,(H,34,36)/t17-,19-,21?,27?,29+/m0/s1. The first kappa shape index (κ1) is 31.2. The molecule has 5 atom stereocenters. The number of hydrogen-bond acceptors (Lipinski definition) is 7. The Morgan fingerprint density at radius 1 is 1.17 bits per heavy atom. The van der Waals surface area contributed by atoms with Crippen molar-refractivity contribution < 1.29 is 41.0 Å². The minimum atomic E-state index is -4.05. The number of halogens is 4. The molecule has 13 heteroatoms. The molecule has 2 aromatic carbocycles. The molecule has 0 aromatic heterocycles. The van der Waals surface area contributed by atoms with Gasteiger partial charge in [0, 0.05) is 43.0 Å². The van der Waals surface area contributed by atoms with E-state index in [1.807, 2.05) is 6.92 Å². The minimum absolute atomic E-state index is 0.0330. The molecule has 230 valence electrons. The first-order valence-corrected chi connectivity index (χ1v) is 15.9. The molecule has 2 aliphatic carbocycles. The Morgan fingerprint density at radius 2 is 1.86 bits per heavy atom. The van der Waals surface area contributed by atoms with Gasteiger partial charge in [0.1, 0.15) is 0 Å². The number of nitrogens with one attached hydrogen (secondary N) is 1. The number of hydrogen-bond donors (Lipinski definition) is 2. The van der Waals surface area contributed by atoms with Gasteiger partial charge in [-0.3, -0.25) is 9.69 Å². The highest BCUT2D eigenvalue weighted by atomic mass is 35.5.